The Morgan fingerprint density at radius 2 is 1.64 bits per heavy atom. The van der Waals surface area contributed by atoms with Crippen LogP contribution in [0.2, 0.25) is 0 Å². The molecule has 0 saturated carbocycles. The van der Waals surface area contributed by atoms with Crippen LogP contribution in [0.15, 0.2) is 36.4 Å². The predicted octanol–water partition coefficient (Wildman–Crippen LogP) is 6.81. The van der Waals surface area contributed by atoms with Gasteiger partial charge in [0.2, 0.25) is 5.91 Å². The van der Waals surface area contributed by atoms with Crippen LogP contribution in [0.5, 0.6) is 0 Å². The Labute approximate surface area is 269 Å². The van der Waals surface area contributed by atoms with E-state index in [1.807, 2.05) is 4.90 Å². The highest BCUT2D eigenvalue weighted by Gasteiger charge is 2.46. The lowest BCUT2D eigenvalue weighted by Crippen LogP contribution is -2.60. The van der Waals surface area contributed by atoms with Crippen molar-refractivity contribution in [2.75, 3.05) is 32.7 Å². The summed E-state index contributed by atoms with van der Waals surface area (Å²) in [5.41, 5.74) is 4.18. The number of hydrogen-bond donors (Lipinski definition) is 0. The van der Waals surface area contributed by atoms with E-state index >= 15 is 4.39 Å². The molecule has 4 atom stereocenters. The fraction of sp³-hybridized carbons (Fsp3) is 0.632. The van der Waals surface area contributed by atoms with Gasteiger partial charge >= 0.3 is 0 Å². The molecule has 2 aliphatic heterocycles. The van der Waals surface area contributed by atoms with E-state index in [4.69, 9.17) is 0 Å². The van der Waals surface area contributed by atoms with Gasteiger partial charge in [-0.1, -0.05) is 52.0 Å². The van der Waals surface area contributed by atoms with Crippen LogP contribution in [0, 0.1) is 23.0 Å². The number of piperazine rings is 1. The minimum absolute atomic E-state index is 0.0400. The molecule has 2 fully saturated rings. The highest BCUT2D eigenvalue weighted by atomic mass is 19.1. The largest absolute Gasteiger partial charge is 0.337 e. The molecule has 2 heterocycles. The van der Waals surface area contributed by atoms with Gasteiger partial charge in [-0.3, -0.25) is 19.4 Å². The normalized spacial score (nSPS) is 23.8. The molecule has 0 N–H and O–H groups in total. The molecule has 5 nitrogen and oxygen atoms in total. The van der Waals surface area contributed by atoms with E-state index in [2.05, 4.69) is 76.5 Å². The number of carbonyl (C=O) groups excluding carboxylic acids is 2. The number of ketones is 1. The molecule has 2 aromatic carbocycles. The second-order valence-corrected chi connectivity index (χ2v) is 15.9. The molecule has 246 valence electrons. The Balaban J connectivity index is 1.37. The maximum absolute atomic E-state index is 15.1. The van der Waals surface area contributed by atoms with Gasteiger partial charge in [0, 0.05) is 62.7 Å². The van der Waals surface area contributed by atoms with E-state index in [0.717, 1.165) is 25.3 Å². The maximum atomic E-state index is 15.1. The van der Waals surface area contributed by atoms with E-state index in [9.17, 15) is 14.0 Å². The highest BCUT2D eigenvalue weighted by molar-refractivity contribution is 5.85. The number of carbonyl (C=O) groups is 2. The Bertz CT molecular complexity index is 1390. The molecule has 0 bridgehead atoms. The first-order chi connectivity index (χ1) is 21.1. The van der Waals surface area contributed by atoms with Crippen LogP contribution < -0.4 is 0 Å². The molecule has 0 aromatic heterocycles. The van der Waals surface area contributed by atoms with E-state index in [0.29, 0.717) is 51.1 Å². The number of amides is 1. The zero-order valence-corrected chi connectivity index (χ0v) is 28.5. The molecule has 5 rings (SSSR count). The zero-order valence-electron chi connectivity index (χ0n) is 28.5. The zero-order chi connectivity index (χ0) is 32.7. The van der Waals surface area contributed by atoms with Gasteiger partial charge in [-0.25, -0.2) is 8.78 Å². The van der Waals surface area contributed by atoms with Crippen LogP contribution in [0.4, 0.5) is 8.78 Å². The Hall–Kier alpha value is -2.64. The number of hydrogen-bond acceptors (Lipinski definition) is 4. The molecule has 3 aliphatic rings. The SMILES string of the molecule is CC[C@H]1CN([C@@H](Cc2ccc3c(c2)CCC3)C(=O)CC(C)(C)C)CCN1C(=O)[C@@H]1CN(C(C)(C)C)C[C@H]1c1ccc(F)cc1F. The van der Waals surface area contributed by atoms with Gasteiger partial charge in [-0.2, -0.15) is 0 Å². The highest BCUT2D eigenvalue weighted by Crippen LogP contribution is 2.39. The monoisotopic (exact) mass is 621 g/mol. The summed E-state index contributed by atoms with van der Waals surface area (Å²) in [6, 6.07) is 10.2. The van der Waals surface area contributed by atoms with Crippen molar-refractivity contribution in [3.63, 3.8) is 0 Å². The van der Waals surface area contributed by atoms with Gasteiger partial charge in [-0.15, -0.1) is 0 Å². The smallest absolute Gasteiger partial charge is 0.227 e. The first-order valence-corrected chi connectivity index (χ1v) is 17.0. The second-order valence-electron chi connectivity index (χ2n) is 15.9. The van der Waals surface area contributed by atoms with Crippen molar-refractivity contribution in [1.29, 1.82) is 0 Å². The topological polar surface area (TPSA) is 43.9 Å². The van der Waals surface area contributed by atoms with Crippen molar-refractivity contribution in [2.24, 2.45) is 11.3 Å². The van der Waals surface area contributed by atoms with Crippen molar-refractivity contribution >= 4 is 11.7 Å². The lowest BCUT2D eigenvalue weighted by Gasteiger charge is -2.45. The van der Waals surface area contributed by atoms with Crippen molar-refractivity contribution in [3.05, 3.63) is 70.3 Å². The molecular formula is C38H53F2N3O2. The summed E-state index contributed by atoms with van der Waals surface area (Å²) >= 11 is 0. The summed E-state index contributed by atoms with van der Waals surface area (Å²) in [7, 11) is 0. The third-order valence-corrected chi connectivity index (χ3v) is 10.3. The van der Waals surface area contributed by atoms with Gasteiger partial charge in [0.15, 0.2) is 5.78 Å². The van der Waals surface area contributed by atoms with Crippen LogP contribution in [-0.4, -0.2) is 76.7 Å². The Morgan fingerprint density at radius 1 is 0.911 bits per heavy atom. The predicted molar refractivity (Wildman–Crippen MR) is 176 cm³/mol. The van der Waals surface area contributed by atoms with Crippen molar-refractivity contribution in [2.45, 2.75) is 111 Å². The average molecular weight is 622 g/mol. The van der Waals surface area contributed by atoms with Gasteiger partial charge in [0.1, 0.15) is 11.6 Å². The molecule has 2 aromatic rings. The molecule has 45 heavy (non-hydrogen) atoms. The van der Waals surface area contributed by atoms with Crippen molar-refractivity contribution in [3.8, 4) is 0 Å². The van der Waals surface area contributed by atoms with Crippen LogP contribution >= 0.6 is 0 Å². The molecule has 0 unspecified atom stereocenters. The number of halogens is 2. The van der Waals surface area contributed by atoms with Crippen molar-refractivity contribution < 1.29 is 18.4 Å². The fourth-order valence-electron chi connectivity index (χ4n) is 7.80. The summed E-state index contributed by atoms with van der Waals surface area (Å²) in [5.74, 6) is -1.66. The second kappa shape index (κ2) is 13.2. The molecule has 2 saturated heterocycles. The number of fused-ring (bicyclic) bond motifs is 1. The fourth-order valence-corrected chi connectivity index (χ4v) is 7.80. The minimum atomic E-state index is -0.609. The Kier molecular flexibility index (Phi) is 9.91. The number of aryl methyl sites for hydroxylation is 2. The molecule has 1 amide bonds. The van der Waals surface area contributed by atoms with Crippen LogP contribution in [0.1, 0.15) is 95.9 Å². The van der Waals surface area contributed by atoms with Crippen LogP contribution in [-0.2, 0) is 28.9 Å². The molecule has 1 aliphatic carbocycles. The number of benzene rings is 2. The quantitative estimate of drug-likeness (QED) is 0.325. The molecule has 0 spiro atoms. The van der Waals surface area contributed by atoms with E-state index in [1.54, 1.807) is 0 Å². The number of likely N-dealkylation sites (tertiary alicyclic amines) is 1. The summed E-state index contributed by atoms with van der Waals surface area (Å²) in [6.07, 6.45) is 5.41. The van der Waals surface area contributed by atoms with Gasteiger partial charge in [0.05, 0.1) is 12.0 Å². The maximum Gasteiger partial charge on any atom is 0.227 e. The van der Waals surface area contributed by atoms with Crippen LogP contribution in [0.25, 0.3) is 0 Å². The summed E-state index contributed by atoms with van der Waals surface area (Å²) in [6.45, 7) is 17.7. The molecule has 7 heteroatoms. The van der Waals surface area contributed by atoms with Gasteiger partial charge in [0.25, 0.3) is 0 Å². The number of nitrogens with zero attached hydrogens (tertiary/aromatic N) is 3. The van der Waals surface area contributed by atoms with Gasteiger partial charge < -0.3 is 4.90 Å². The molecular weight excluding hydrogens is 568 g/mol. The lowest BCUT2D eigenvalue weighted by atomic mass is 9.85. The standard InChI is InChI=1S/C38H53F2N3O2/c1-8-29-22-41(34(35(44)21-37(2,3)4)19-25-12-13-26-10-9-11-27(26)18-25)16-17-43(29)36(45)32-24-42(38(5,6)7)23-31(32)30-15-14-28(39)20-33(30)40/h12-15,18,20,29,31-32,34H,8-11,16-17,19,21-24H2,1-7H3/t29-,31-,32+,34-/m0/s1. The average Bonchev–Trinajstić information content (AvgIpc) is 3.62. The van der Waals surface area contributed by atoms with E-state index in [1.165, 1.54) is 35.2 Å². The summed E-state index contributed by atoms with van der Waals surface area (Å²) < 4.78 is 28.9. The summed E-state index contributed by atoms with van der Waals surface area (Å²) in [5, 5.41) is 0. The third-order valence-electron chi connectivity index (χ3n) is 10.3. The van der Waals surface area contributed by atoms with E-state index < -0.39 is 17.6 Å². The first kappa shape index (κ1) is 33.7. The molecule has 0 radical (unpaired) electrons. The van der Waals surface area contributed by atoms with E-state index in [-0.39, 0.29) is 40.6 Å². The lowest BCUT2D eigenvalue weighted by molar-refractivity contribution is -0.142. The third kappa shape index (κ3) is 7.68. The minimum Gasteiger partial charge on any atom is -0.337 e. The first-order valence-electron chi connectivity index (χ1n) is 17.0. The number of Topliss-reactive ketones (excluding diaryl/α,β-unsaturated/α-hetero) is 1. The van der Waals surface area contributed by atoms with Crippen molar-refractivity contribution in [1.82, 2.24) is 14.7 Å². The van der Waals surface area contributed by atoms with Gasteiger partial charge in [-0.05, 0) is 86.6 Å². The van der Waals surface area contributed by atoms with Crippen LogP contribution in [0.3, 0.4) is 0 Å². The summed E-state index contributed by atoms with van der Waals surface area (Å²) in [4.78, 5) is 34.9. The Morgan fingerprint density at radius 3 is 2.31 bits per heavy atom. The number of rotatable bonds is 8.